The van der Waals surface area contributed by atoms with Gasteiger partial charge in [0.15, 0.2) is 0 Å². The number of hydrogen-bond donors (Lipinski definition) is 2. The lowest BCUT2D eigenvalue weighted by Gasteiger charge is -2.04. The Morgan fingerprint density at radius 3 is 2.80 bits per heavy atom. The van der Waals surface area contributed by atoms with Gasteiger partial charge in [-0.25, -0.2) is 13.1 Å². The molecule has 0 aromatic carbocycles. The van der Waals surface area contributed by atoms with Gasteiger partial charge in [0.1, 0.15) is 4.90 Å². The van der Waals surface area contributed by atoms with E-state index in [-0.39, 0.29) is 0 Å². The highest BCUT2D eigenvalue weighted by Gasteiger charge is 2.20. The zero-order chi connectivity index (χ0) is 15.0. The largest absolute Gasteiger partial charge is 0.312 e. The SMILES string of the molecule is CCCNCc1cc(S(=O)(=O)NCCCSC)c(Br)s1. The minimum Gasteiger partial charge on any atom is -0.312 e. The van der Waals surface area contributed by atoms with Crippen molar-refractivity contribution in [1.29, 1.82) is 0 Å². The van der Waals surface area contributed by atoms with Crippen molar-refractivity contribution in [2.75, 3.05) is 25.1 Å². The Labute approximate surface area is 138 Å². The first-order valence-corrected chi connectivity index (χ1v) is 11.0. The standard InChI is InChI=1S/C12H21BrN2O2S3/c1-3-5-14-9-10-8-11(12(13)19-10)20(16,17)15-6-4-7-18-2/h8,14-15H,3-7,9H2,1-2H3. The highest BCUT2D eigenvalue weighted by molar-refractivity contribution is 9.11. The maximum Gasteiger partial charge on any atom is 0.242 e. The number of rotatable bonds is 10. The molecule has 0 unspecified atom stereocenters. The minimum absolute atomic E-state index is 0.347. The van der Waals surface area contributed by atoms with E-state index < -0.39 is 10.0 Å². The quantitative estimate of drug-likeness (QED) is 0.592. The van der Waals surface area contributed by atoms with Crippen molar-refractivity contribution >= 4 is 49.1 Å². The summed E-state index contributed by atoms with van der Waals surface area (Å²) in [5, 5.41) is 3.27. The molecule has 0 spiro atoms. The molecular weight excluding hydrogens is 380 g/mol. The van der Waals surface area contributed by atoms with Crippen LogP contribution in [-0.4, -0.2) is 33.5 Å². The number of halogens is 1. The molecule has 0 fully saturated rings. The normalized spacial score (nSPS) is 11.9. The van der Waals surface area contributed by atoms with Gasteiger partial charge in [0.05, 0.1) is 3.79 Å². The van der Waals surface area contributed by atoms with E-state index in [1.165, 1.54) is 11.3 Å². The van der Waals surface area contributed by atoms with Crippen LogP contribution >= 0.6 is 39.0 Å². The van der Waals surface area contributed by atoms with Crippen molar-refractivity contribution in [2.24, 2.45) is 0 Å². The molecule has 0 aliphatic carbocycles. The zero-order valence-corrected chi connectivity index (χ0v) is 15.8. The minimum atomic E-state index is -3.40. The maximum absolute atomic E-state index is 12.2. The van der Waals surface area contributed by atoms with Crippen LogP contribution in [0, 0.1) is 0 Å². The number of thiophene rings is 1. The van der Waals surface area contributed by atoms with Crippen molar-refractivity contribution in [2.45, 2.75) is 31.2 Å². The smallest absolute Gasteiger partial charge is 0.242 e. The van der Waals surface area contributed by atoms with Crippen LogP contribution in [0.2, 0.25) is 0 Å². The molecule has 2 N–H and O–H groups in total. The van der Waals surface area contributed by atoms with E-state index in [0.717, 1.165) is 30.0 Å². The Kier molecular flexibility index (Phi) is 8.69. The molecule has 20 heavy (non-hydrogen) atoms. The van der Waals surface area contributed by atoms with Crippen LogP contribution < -0.4 is 10.0 Å². The third kappa shape index (κ3) is 6.03. The first kappa shape index (κ1) is 18.4. The average Bonchev–Trinajstić information content (AvgIpc) is 2.77. The lowest BCUT2D eigenvalue weighted by atomic mass is 10.4. The van der Waals surface area contributed by atoms with Gasteiger partial charge in [0.25, 0.3) is 0 Å². The third-order valence-electron chi connectivity index (χ3n) is 2.54. The summed E-state index contributed by atoms with van der Waals surface area (Å²) in [5.74, 6) is 0.958. The van der Waals surface area contributed by atoms with Crippen LogP contribution in [0.3, 0.4) is 0 Å². The molecule has 1 heterocycles. The van der Waals surface area contributed by atoms with Crippen LogP contribution in [0.5, 0.6) is 0 Å². The molecule has 0 radical (unpaired) electrons. The first-order valence-electron chi connectivity index (χ1n) is 6.48. The fraction of sp³-hybridized carbons (Fsp3) is 0.667. The zero-order valence-electron chi connectivity index (χ0n) is 11.7. The van der Waals surface area contributed by atoms with E-state index in [1.54, 1.807) is 17.8 Å². The molecule has 0 aliphatic heterocycles. The van der Waals surface area contributed by atoms with E-state index in [9.17, 15) is 8.42 Å². The molecule has 0 bridgehead atoms. The van der Waals surface area contributed by atoms with Gasteiger partial charge in [0.2, 0.25) is 10.0 Å². The summed E-state index contributed by atoms with van der Waals surface area (Å²) in [7, 11) is -3.40. The van der Waals surface area contributed by atoms with Gasteiger partial charge >= 0.3 is 0 Å². The Morgan fingerprint density at radius 2 is 2.15 bits per heavy atom. The molecular formula is C12H21BrN2O2S3. The molecule has 116 valence electrons. The Bertz CT molecular complexity index is 503. The highest BCUT2D eigenvalue weighted by Crippen LogP contribution is 2.31. The predicted octanol–water partition coefficient (Wildman–Crippen LogP) is 3.04. The molecule has 1 aromatic rings. The second-order valence-electron chi connectivity index (χ2n) is 4.27. The van der Waals surface area contributed by atoms with Gasteiger partial charge in [-0.05, 0) is 53.4 Å². The summed E-state index contributed by atoms with van der Waals surface area (Å²) in [6.45, 7) is 4.23. The van der Waals surface area contributed by atoms with Crippen LogP contribution in [0.25, 0.3) is 0 Å². The highest BCUT2D eigenvalue weighted by atomic mass is 79.9. The number of nitrogens with one attached hydrogen (secondary N) is 2. The molecule has 1 aromatic heterocycles. The van der Waals surface area contributed by atoms with Crippen LogP contribution in [0.1, 0.15) is 24.6 Å². The van der Waals surface area contributed by atoms with Crippen molar-refractivity contribution in [1.82, 2.24) is 10.0 Å². The summed E-state index contributed by atoms with van der Waals surface area (Å²) in [6, 6.07) is 1.74. The molecule has 4 nitrogen and oxygen atoms in total. The number of hydrogen-bond acceptors (Lipinski definition) is 5. The Morgan fingerprint density at radius 1 is 1.40 bits per heavy atom. The van der Waals surface area contributed by atoms with Gasteiger partial charge in [-0.15, -0.1) is 11.3 Å². The van der Waals surface area contributed by atoms with E-state index >= 15 is 0 Å². The van der Waals surface area contributed by atoms with Gasteiger partial charge < -0.3 is 5.32 Å². The van der Waals surface area contributed by atoms with Crippen molar-refractivity contribution in [3.8, 4) is 0 Å². The van der Waals surface area contributed by atoms with E-state index in [1.807, 2.05) is 6.26 Å². The topological polar surface area (TPSA) is 58.2 Å². The molecule has 0 saturated carbocycles. The third-order valence-corrected chi connectivity index (χ3v) is 6.95. The molecule has 0 amide bonds. The van der Waals surface area contributed by atoms with Crippen molar-refractivity contribution < 1.29 is 8.42 Å². The first-order chi connectivity index (χ1) is 9.51. The van der Waals surface area contributed by atoms with Crippen LogP contribution in [0.4, 0.5) is 0 Å². The van der Waals surface area contributed by atoms with E-state index in [2.05, 4.69) is 32.9 Å². The molecule has 1 rings (SSSR count). The summed E-state index contributed by atoms with van der Waals surface area (Å²) in [6.07, 6.45) is 3.92. The summed E-state index contributed by atoms with van der Waals surface area (Å²) < 4.78 is 27.7. The van der Waals surface area contributed by atoms with E-state index in [0.29, 0.717) is 21.8 Å². The van der Waals surface area contributed by atoms with Crippen LogP contribution in [-0.2, 0) is 16.6 Å². The summed E-state index contributed by atoms with van der Waals surface area (Å²) >= 11 is 6.53. The second kappa shape index (κ2) is 9.42. The lowest BCUT2D eigenvalue weighted by molar-refractivity contribution is 0.581. The Balaban J connectivity index is 2.64. The summed E-state index contributed by atoms with van der Waals surface area (Å²) in [5.41, 5.74) is 0. The van der Waals surface area contributed by atoms with Gasteiger partial charge in [-0.1, -0.05) is 6.92 Å². The van der Waals surface area contributed by atoms with E-state index in [4.69, 9.17) is 0 Å². The summed E-state index contributed by atoms with van der Waals surface area (Å²) in [4.78, 5) is 1.37. The van der Waals surface area contributed by atoms with Gasteiger partial charge in [-0.3, -0.25) is 0 Å². The monoisotopic (exact) mass is 400 g/mol. The van der Waals surface area contributed by atoms with Crippen molar-refractivity contribution in [3.63, 3.8) is 0 Å². The maximum atomic E-state index is 12.2. The lowest BCUT2D eigenvalue weighted by Crippen LogP contribution is -2.25. The number of thioether (sulfide) groups is 1. The second-order valence-corrected chi connectivity index (χ2v) is 9.45. The molecule has 0 saturated heterocycles. The number of sulfonamides is 1. The average molecular weight is 401 g/mol. The van der Waals surface area contributed by atoms with Gasteiger partial charge in [0, 0.05) is 18.0 Å². The Hall–Kier alpha value is 0.400. The fourth-order valence-corrected chi connectivity index (χ4v) is 5.71. The van der Waals surface area contributed by atoms with Crippen molar-refractivity contribution in [3.05, 3.63) is 14.7 Å². The predicted molar refractivity (Wildman–Crippen MR) is 92.2 cm³/mol. The van der Waals surface area contributed by atoms with Crippen LogP contribution in [0.15, 0.2) is 14.7 Å². The molecule has 0 aliphatic rings. The fourth-order valence-electron chi connectivity index (χ4n) is 1.56. The van der Waals surface area contributed by atoms with Gasteiger partial charge in [-0.2, -0.15) is 11.8 Å². The molecule has 8 heteroatoms. The molecule has 0 atom stereocenters.